The summed E-state index contributed by atoms with van der Waals surface area (Å²) in [5.74, 6) is -1.51. The number of fused-ring (bicyclic) bond motifs is 1. The SMILES string of the molecule is O=C(O)C1C=NN2C=CC=NC12. The third-order valence-electron chi connectivity index (χ3n) is 1.80. The van der Waals surface area contributed by atoms with Crippen LogP contribution in [0.5, 0.6) is 0 Å². The lowest BCUT2D eigenvalue weighted by molar-refractivity contribution is -0.140. The molecule has 62 valence electrons. The summed E-state index contributed by atoms with van der Waals surface area (Å²) in [4.78, 5) is 14.6. The van der Waals surface area contributed by atoms with Crippen LogP contribution in [0.3, 0.4) is 0 Å². The fourth-order valence-electron chi connectivity index (χ4n) is 1.20. The second-order valence-electron chi connectivity index (χ2n) is 2.56. The maximum Gasteiger partial charge on any atom is 0.316 e. The Bertz CT molecular complexity index is 295. The number of carbonyl (C=O) groups is 1. The van der Waals surface area contributed by atoms with Gasteiger partial charge in [0.05, 0.1) is 0 Å². The lowest BCUT2D eigenvalue weighted by Crippen LogP contribution is -2.33. The number of hydrogen-bond donors (Lipinski definition) is 1. The van der Waals surface area contributed by atoms with Crippen molar-refractivity contribution < 1.29 is 9.90 Å². The highest BCUT2D eigenvalue weighted by molar-refractivity contribution is 5.91. The average molecular weight is 165 g/mol. The number of carboxylic acids is 1. The van der Waals surface area contributed by atoms with Gasteiger partial charge in [0.2, 0.25) is 0 Å². The number of allylic oxidation sites excluding steroid dienone is 1. The van der Waals surface area contributed by atoms with Crippen molar-refractivity contribution in [1.29, 1.82) is 0 Å². The molecule has 2 heterocycles. The molecule has 0 aromatic carbocycles. The zero-order valence-corrected chi connectivity index (χ0v) is 6.16. The van der Waals surface area contributed by atoms with E-state index < -0.39 is 11.9 Å². The topological polar surface area (TPSA) is 65.3 Å². The summed E-state index contributed by atoms with van der Waals surface area (Å²) >= 11 is 0. The molecule has 0 aromatic heterocycles. The molecule has 0 aliphatic carbocycles. The summed E-state index contributed by atoms with van der Waals surface area (Å²) in [5, 5.41) is 14.2. The van der Waals surface area contributed by atoms with Crippen molar-refractivity contribution in [2.75, 3.05) is 0 Å². The number of aliphatic carboxylic acids is 1. The molecule has 0 saturated heterocycles. The van der Waals surface area contributed by atoms with Gasteiger partial charge in [-0.15, -0.1) is 0 Å². The Morgan fingerprint density at radius 2 is 2.42 bits per heavy atom. The number of aliphatic imine (C=N–C) groups is 1. The molecule has 0 radical (unpaired) electrons. The Morgan fingerprint density at radius 1 is 1.58 bits per heavy atom. The van der Waals surface area contributed by atoms with Crippen LogP contribution in [0.4, 0.5) is 0 Å². The van der Waals surface area contributed by atoms with E-state index in [-0.39, 0.29) is 6.17 Å². The minimum absolute atomic E-state index is 0.382. The minimum Gasteiger partial charge on any atom is -0.481 e. The van der Waals surface area contributed by atoms with E-state index in [4.69, 9.17) is 5.11 Å². The van der Waals surface area contributed by atoms with Gasteiger partial charge in [0, 0.05) is 18.6 Å². The standard InChI is InChI=1S/C7H7N3O2/c11-7(12)5-4-9-10-3-1-2-8-6(5)10/h1-6H,(H,11,12). The minimum atomic E-state index is -0.890. The van der Waals surface area contributed by atoms with Crippen molar-refractivity contribution in [2.24, 2.45) is 16.0 Å². The normalized spacial score (nSPS) is 30.8. The Morgan fingerprint density at radius 3 is 3.17 bits per heavy atom. The maximum absolute atomic E-state index is 10.6. The van der Waals surface area contributed by atoms with Crippen LogP contribution in [0, 0.1) is 5.92 Å². The van der Waals surface area contributed by atoms with E-state index in [0.717, 1.165) is 0 Å². The average Bonchev–Trinajstić information content (AvgIpc) is 2.47. The Kier molecular flexibility index (Phi) is 1.43. The molecule has 2 rings (SSSR count). The van der Waals surface area contributed by atoms with Crippen molar-refractivity contribution >= 4 is 18.4 Å². The van der Waals surface area contributed by atoms with E-state index in [2.05, 4.69) is 10.1 Å². The summed E-state index contributed by atoms with van der Waals surface area (Å²) in [6, 6.07) is 0. The number of rotatable bonds is 1. The van der Waals surface area contributed by atoms with E-state index in [1.807, 2.05) is 0 Å². The van der Waals surface area contributed by atoms with Gasteiger partial charge in [-0.2, -0.15) is 5.10 Å². The Hall–Kier alpha value is -1.65. The highest BCUT2D eigenvalue weighted by Gasteiger charge is 2.35. The summed E-state index contributed by atoms with van der Waals surface area (Å²) in [6.07, 6.45) is 6.04. The molecule has 2 aliphatic heterocycles. The van der Waals surface area contributed by atoms with Crippen LogP contribution in [0.1, 0.15) is 0 Å². The molecule has 0 fully saturated rings. The fourth-order valence-corrected chi connectivity index (χ4v) is 1.20. The van der Waals surface area contributed by atoms with Crippen LogP contribution >= 0.6 is 0 Å². The van der Waals surface area contributed by atoms with Crippen molar-refractivity contribution in [2.45, 2.75) is 6.17 Å². The molecule has 0 spiro atoms. The highest BCUT2D eigenvalue weighted by atomic mass is 16.4. The molecule has 5 nitrogen and oxygen atoms in total. The van der Waals surface area contributed by atoms with Crippen LogP contribution in [0.15, 0.2) is 22.4 Å². The number of carboxylic acid groups (broad SMARTS) is 1. The van der Waals surface area contributed by atoms with Crippen LogP contribution in [0.25, 0.3) is 0 Å². The van der Waals surface area contributed by atoms with Crippen LogP contribution in [-0.2, 0) is 4.79 Å². The number of nitrogens with zero attached hydrogens (tertiary/aromatic N) is 3. The third kappa shape index (κ3) is 0.903. The van der Waals surface area contributed by atoms with Crippen LogP contribution in [0.2, 0.25) is 0 Å². The number of hydrogen-bond acceptors (Lipinski definition) is 4. The zero-order chi connectivity index (χ0) is 8.55. The molecule has 5 heteroatoms. The van der Waals surface area contributed by atoms with Crippen LogP contribution < -0.4 is 0 Å². The van der Waals surface area contributed by atoms with Gasteiger partial charge in [0.25, 0.3) is 0 Å². The first-order chi connectivity index (χ1) is 5.79. The zero-order valence-electron chi connectivity index (χ0n) is 6.16. The molecule has 2 atom stereocenters. The van der Waals surface area contributed by atoms with E-state index in [9.17, 15) is 4.79 Å². The smallest absolute Gasteiger partial charge is 0.316 e. The van der Waals surface area contributed by atoms with Gasteiger partial charge in [-0.25, -0.2) is 5.01 Å². The van der Waals surface area contributed by atoms with Gasteiger partial charge < -0.3 is 5.11 Å². The van der Waals surface area contributed by atoms with Gasteiger partial charge in [-0.3, -0.25) is 9.79 Å². The Labute approximate surface area is 68.7 Å². The molecule has 12 heavy (non-hydrogen) atoms. The summed E-state index contributed by atoms with van der Waals surface area (Å²) < 4.78 is 0. The molecule has 0 saturated carbocycles. The van der Waals surface area contributed by atoms with Crippen LogP contribution in [-0.4, -0.2) is 34.7 Å². The second-order valence-corrected chi connectivity index (χ2v) is 2.56. The number of hydrazone groups is 1. The molecular formula is C7H7N3O2. The lowest BCUT2D eigenvalue weighted by Gasteiger charge is -2.20. The van der Waals surface area contributed by atoms with Gasteiger partial charge in [0.15, 0.2) is 6.17 Å². The van der Waals surface area contributed by atoms with Gasteiger partial charge in [-0.1, -0.05) is 0 Å². The quantitative estimate of drug-likeness (QED) is 0.590. The molecule has 2 aliphatic rings. The first kappa shape index (κ1) is 7.02. The third-order valence-corrected chi connectivity index (χ3v) is 1.80. The van der Waals surface area contributed by atoms with E-state index >= 15 is 0 Å². The second kappa shape index (κ2) is 2.44. The van der Waals surface area contributed by atoms with E-state index in [1.165, 1.54) is 6.21 Å². The molecule has 2 unspecified atom stereocenters. The van der Waals surface area contributed by atoms with Crippen molar-refractivity contribution in [3.8, 4) is 0 Å². The first-order valence-corrected chi connectivity index (χ1v) is 3.54. The lowest BCUT2D eigenvalue weighted by atomic mass is 10.1. The summed E-state index contributed by atoms with van der Waals surface area (Å²) in [5.41, 5.74) is 0. The first-order valence-electron chi connectivity index (χ1n) is 3.54. The predicted octanol–water partition coefficient (Wildman–Crippen LogP) is -0.0872. The Balaban J connectivity index is 2.24. The molecule has 0 bridgehead atoms. The van der Waals surface area contributed by atoms with E-state index in [0.29, 0.717) is 0 Å². The monoisotopic (exact) mass is 165 g/mol. The molecular weight excluding hydrogens is 158 g/mol. The highest BCUT2D eigenvalue weighted by Crippen LogP contribution is 2.20. The van der Waals surface area contributed by atoms with Gasteiger partial charge in [-0.05, 0) is 6.08 Å². The van der Waals surface area contributed by atoms with Crippen molar-refractivity contribution in [3.63, 3.8) is 0 Å². The summed E-state index contributed by atoms with van der Waals surface area (Å²) in [7, 11) is 0. The van der Waals surface area contributed by atoms with Gasteiger partial charge in [0.1, 0.15) is 5.92 Å². The fraction of sp³-hybridized carbons (Fsp3) is 0.286. The predicted molar refractivity (Wildman–Crippen MR) is 42.9 cm³/mol. The van der Waals surface area contributed by atoms with Gasteiger partial charge >= 0.3 is 5.97 Å². The van der Waals surface area contributed by atoms with E-state index in [1.54, 1.807) is 23.5 Å². The molecule has 0 aromatic rings. The van der Waals surface area contributed by atoms with Crippen molar-refractivity contribution in [3.05, 3.63) is 12.3 Å². The largest absolute Gasteiger partial charge is 0.481 e. The molecule has 0 amide bonds. The molecule has 1 N–H and O–H groups in total. The maximum atomic E-state index is 10.6. The summed E-state index contributed by atoms with van der Waals surface area (Å²) in [6.45, 7) is 0. The van der Waals surface area contributed by atoms with Crippen molar-refractivity contribution in [1.82, 2.24) is 5.01 Å².